The fourth-order valence-electron chi connectivity index (χ4n) is 2.21. The Morgan fingerprint density at radius 3 is 2.85 bits per heavy atom. The molecule has 110 valence electrons. The number of aliphatic hydroxyl groups excluding tert-OH is 1. The highest BCUT2D eigenvalue weighted by atomic mass is 32.2. The number of thioether (sulfide) groups is 1. The number of likely N-dealkylation sites (tertiary alicyclic amines) is 1. The first-order chi connectivity index (χ1) is 9.47. The lowest BCUT2D eigenvalue weighted by molar-refractivity contribution is -0.127. The van der Waals surface area contributed by atoms with Crippen molar-refractivity contribution in [2.24, 2.45) is 5.92 Å². The number of carbonyl (C=O) groups excluding carboxylic acids is 1. The number of benzene rings is 1. The van der Waals surface area contributed by atoms with Crippen molar-refractivity contribution in [1.29, 1.82) is 0 Å². The zero-order chi connectivity index (χ0) is 14.7. The topological polar surface area (TPSA) is 40.5 Å². The molecule has 1 aromatic carbocycles. The summed E-state index contributed by atoms with van der Waals surface area (Å²) in [5.74, 6) is -1.51. The lowest BCUT2D eigenvalue weighted by atomic mass is 10.0. The molecule has 0 aliphatic carbocycles. The highest BCUT2D eigenvalue weighted by molar-refractivity contribution is 8.00. The average molecular weight is 301 g/mol. The zero-order valence-electron chi connectivity index (χ0n) is 11.2. The molecule has 6 heteroatoms. The summed E-state index contributed by atoms with van der Waals surface area (Å²) < 4.78 is 25.8. The van der Waals surface area contributed by atoms with Gasteiger partial charge in [0.2, 0.25) is 5.91 Å². The summed E-state index contributed by atoms with van der Waals surface area (Å²) in [6.45, 7) is 2.94. The summed E-state index contributed by atoms with van der Waals surface area (Å²) >= 11 is 1.19. The Morgan fingerprint density at radius 1 is 1.50 bits per heavy atom. The van der Waals surface area contributed by atoms with E-state index in [2.05, 4.69) is 0 Å². The van der Waals surface area contributed by atoms with Crippen molar-refractivity contribution < 1.29 is 18.7 Å². The number of amides is 1. The smallest absolute Gasteiger partial charge is 0.232 e. The molecule has 0 saturated carbocycles. The van der Waals surface area contributed by atoms with Crippen LogP contribution in [0.5, 0.6) is 0 Å². The molecular formula is C14H17F2NO2S. The van der Waals surface area contributed by atoms with Gasteiger partial charge in [0.15, 0.2) is 11.6 Å². The second-order valence-corrected chi connectivity index (χ2v) is 6.04. The fraction of sp³-hybridized carbons (Fsp3) is 0.500. The van der Waals surface area contributed by atoms with E-state index in [1.165, 1.54) is 17.8 Å². The molecule has 0 radical (unpaired) electrons. The van der Waals surface area contributed by atoms with Crippen molar-refractivity contribution in [2.75, 3.05) is 18.8 Å². The van der Waals surface area contributed by atoms with E-state index in [9.17, 15) is 18.7 Å². The Hall–Kier alpha value is -1.14. The lowest BCUT2D eigenvalue weighted by Gasteiger charge is -2.17. The van der Waals surface area contributed by atoms with E-state index in [4.69, 9.17) is 0 Å². The molecule has 0 aromatic heterocycles. The van der Waals surface area contributed by atoms with E-state index < -0.39 is 17.7 Å². The maximum atomic E-state index is 13.0. The molecule has 3 nitrogen and oxygen atoms in total. The van der Waals surface area contributed by atoms with Gasteiger partial charge in [0, 0.05) is 23.9 Å². The van der Waals surface area contributed by atoms with E-state index in [1.54, 1.807) is 11.8 Å². The summed E-state index contributed by atoms with van der Waals surface area (Å²) in [4.78, 5) is 14.2. The molecule has 1 aliphatic heterocycles. The quantitative estimate of drug-likeness (QED) is 0.868. The van der Waals surface area contributed by atoms with Crippen molar-refractivity contribution in [3.05, 3.63) is 29.8 Å². The van der Waals surface area contributed by atoms with Crippen LogP contribution in [0.4, 0.5) is 8.78 Å². The maximum Gasteiger partial charge on any atom is 0.232 e. The van der Waals surface area contributed by atoms with Crippen LogP contribution in [-0.4, -0.2) is 40.9 Å². The summed E-state index contributed by atoms with van der Waals surface area (Å²) in [5.41, 5.74) is 0. The van der Waals surface area contributed by atoms with Crippen LogP contribution in [0, 0.1) is 17.6 Å². The number of hydrogen-bond acceptors (Lipinski definition) is 3. The van der Waals surface area contributed by atoms with Gasteiger partial charge >= 0.3 is 0 Å². The molecule has 0 spiro atoms. The van der Waals surface area contributed by atoms with Crippen LogP contribution in [0.2, 0.25) is 0 Å². The zero-order valence-corrected chi connectivity index (χ0v) is 12.0. The van der Waals surface area contributed by atoms with Crippen molar-refractivity contribution in [1.82, 2.24) is 4.90 Å². The van der Waals surface area contributed by atoms with E-state index in [0.717, 1.165) is 18.6 Å². The van der Waals surface area contributed by atoms with Crippen molar-refractivity contribution in [2.45, 2.75) is 24.3 Å². The van der Waals surface area contributed by atoms with E-state index in [0.29, 0.717) is 18.0 Å². The monoisotopic (exact) mass is 301 g/mol. The summed E-state index contributed by atoms with van der Waals surface area (Å²) in [7, 11) is 0. The van der Waals surface area contributed by atoms with E-state index in [-0.39, 0.29) is 17.6 Å². The summed E-state index contributed by atoms with van der Waals surface area (Å²) in [6, 6.07) is 3.61. The van der Waals surface area contributed by atoms with Gasteiger partial charge < -0.3 is 10.0 Å². The number of nitrogens with zero attached hydrogens (tertiary/aromatic N) is 1. The number of halogens is 2. The Labute approximate surface area is 121 Å². The highest BCUT2D eigenvalue weighted by Crippen LogP contribution is 2.24. The van der Waals surface area contributed by atoms with Crippen LogP contribution in [0.3, 0.4) is 0 Å². The highest BCUT2D eigenvalue weighted by Gasteiger charge is 2.28. The minimum atomic E-state index is -0.905. The first-order valence-corrected chi connectivity index (χ1v) is 7.49. The van der Waals surface area contributed by atoms with Crippen LogP contribution >= 0.6 is 11.8 Å². The third-order valence-electron chi connectivity index (χ3n) is 3.51. The Morgan fingerprint density at radius 2 is 2.25 bits per heavy atom. The Balaban J connectivity index is 1.85. The molecule has 2 rings (SSSR count). The predicted octanol–water partition coefficient (Wildman–Crippen LogP) is 2.29. The van der Waals surface area contributed by atoms with Gasteiger partial charge in [-0.05, 0) is 31.5 Å². The largest absolute Gasteiger partial charge is 0.393 e. The molecule has 1 fully saturated rings. The van der Waals surface area contributed by atoms with E-state index >= 15 is 0 Å². The number of carbonyl (C=O) groups is 1. The van der Waals surface area contributed by atoms with Gasteiger partial charge in [0.1, 0.15) is 0 Å². The molecule has 1 amide bonds. The molecule has 1 aromatic rings. The molecule has 2 atom stereocenters. The summed E-state index contributed by atoms with van der Waals surface area (Å²) in [6.07, 6.45) is 0.394. The lowest BCUT2D eigenvalue weighted by Crippen LogP contribution is -2.31. The van der Waals surface area contributed by atoms with Gasteiger partial charge in [-0.1, -0.05) is 0 Å². The molecule has 1 saturated heterocycles. The predicted molar refractivity (Wildman–Crippen MR) is 73.4 cm³/mol. The van der Waals surface area contributed by atoms with Crippen molar-refractivity contribution in [3.8, 4) is 0 Å². The second-order valence-electron chi connectivity index (χ2n) is 4.99. The normalized spacial score (nSPS) is 20.2. The molecule has 1 aliphatic rings. The van der Waals surface area contributed by atoms with E-state index in [1.807, 2.05) is 0 Å². The number of aliphatic hydroxyl groups is 1. The minimum Gasteiger partial charge on any atom is -0.393 e. The van der Waals surface area contributed by atoms with Gasteiger partial charge in [0.25, 0.3) is 0 Å². The van der Waals surface area contributed by atoms with Gasteiger partial charge in [-0.15, -0.1) is 11.8 Å². The first-order valence-electron chi connectivity index (χ1n) is 6.51. The number of hydrogen-bond donors (Lipinski definition) is 1. The van der Waals surface area contributed by atoms with Crippen LogP contribution < -0.4 is 0 Å². The average Bonchev–Trinajstić information content (AvgIpc) is 2.89. The summed E-state index contributed by atoms with van der Waals surface area (Å²) in [5, 5.41) is 9.50. The van der Waals surface area contributed by atoms with Crippen molar-refractivity contribution in [3.63, 3.8) is 0 Å². The van der Waals surface area contributed by atoms with Gasteiger partial charge in [-0.25, -0.2) is 8.78 Å². The first kappa shape index (κ1) is 15.3. The van der Waals surface area contributed by atoms with Crippen LogP contribution in [0.25, 0.3) is 0 Å². The molecule has 1 N–H and O–H groups in total. The van der Waals surface area contributed by atoms with Crippen LogP contribution in [0.15, 0.2) is 23.1 Å². The minimum absolute atomic E-state index is 0.0390. The third-order valence-corrected chi connectivity index (χ3v) is 4.49. The SMILES string of the molecule is CC(O)C1CCN(C(=O)CSc2ccc(F)c(F)c2)C1. The van der Waals surface area contributed by atoms with Crippen LogP contribution in [0.1, 0.15) is 13.3 Å². The molecule has 2 unspecified atom stereocenters. The number of rotatable bonds is 4. The van der Waals surface area contributed by atoms with Gasteiger partial charge in [0.05, 0.1) is 11.9 Å². The molecule has 0 bridgehead atoms. The standard InChI is InChI=1S/C14H17F2NO2S/c1-9(18)10-4-5-17(7-10)14(19)8-20-11-2-3-12(15)13(16)6-11/h2-3,6,9-10,18H,4-5,7-8H2,1H3. The molecule has 20 heavy (non-hydrogen) atoms. The maximum absolute atomic E-state index is 13.0. The third kappa shape index (κ3) is 3.70. The Bertz CT molecular complexity index is 496. The van der Waals surface area contributed by atoms with Gasteiger partial charge in [-0.2, -0.15) is 0 Å². The molecular weight excluding hydrogens is 284 g/mol. The fourth-order valence-corrected chi connectivity index (χ4v) is 3.03. The molecule has 1 heterocycles. The van der Waals surface area contributed by atoms with Crippen molar-refractivity contribution >= 4 is 17.7 Å². The van der Waals surface area contributed by atoms with Crippen LogP contribution in [-0.2, 0) is 4.79 Å². The van der Waals surface area contributed by atoms with Gasteiger partial charge in [-0.3, -0.25) is 4.79 Å². The second kappa shape index (κ2) is 6.54. The Kier molecular flexibility index (Phi) is 4.99.